The van der Waals surface area contributed by atoms with Gasteiger partial charge in [0.1, 0.15) is 6.10 Å². The first-order valence-electron chi connectivity index (χ1n) is 8.21. The van der Waals surface area contributed by atoms with Crippen molar-refractivity contribution in [3.05, 3.63) is 59.7 Å². The van der Waals surface area contributed by atoms with Gasteiger partial charge in [-0.1, -0.05) is 52.3 Å². The van der Waals surface area contributed by atoms with Crippen LogP contribution in [0.1, 0.15) is 23.7 Å². The summed E-state index contributed by atoms with van der Waals surface area (Å²) in [6.45, 7) is 0. The SMILES string of the molecule is O=C(O[C@H]1c2ccc3cc4ccccc4cc3c2CC[C@@H]1Br)C(F)(F)F. The smallest absolute Gasteiger partial charge is 0.450 e. The Balaban J connectivity index is 1.84. The van der Waals surface area contributed by atoms with Crippen LogP contribution in [0.3, 0.4) is 0 Å². The zero-order valence-electron chi connectivity index (χ0n) is 13.5. The summed E-state index contributed by atoms with van der Waals surface area (Å²) in [6.07, 6.45) is -4.66. The summed E-state index contributed by atoms with van der Waals surface area (Å²) < 4.78 is 42.8. The third-order valence-electron chi connectivity index (χ3n) is 4.80. The largest absolute Gasteiger partial charge is 0.490 e. The quantitative estimate of drug-likeness (QED) is 0.279. The van der Waals surface area contributed by atoms with Gasteiger partial charge in [0.05, 0.1) is 4.83 Å². The van der Waals surface area contributed by atoms with Gasteiger partial charge < -0.3 is 4.74 Å². The van der Waals surface area contributed by atoms with Crippen LogP contribution in [0.5, 0.6) is 0 Å². The molecule has 0 N–H and O–H groups in total. The van der Waals surface area contributed by atoms with Crippen molar-refractivity contribution in [2.45, 2.75) is 29.9 Å². The Kier molecular flexibility index (Phi) is 4.18. The normalized spacial score (nSPS) is 20.2. The lowest BCUT2D eigenvalue weighted by Crippen LogP contribution is -2.32. The molecule has 0 heterocycles. The van der Waals surface area contributed by atoms with Crippen LogP contribution in [0.4, 0.5) is 13.2 Å². The average Bonchev–Trinajstić information content (AvgIpc) is 2.61. The number of esters is 1. The van der Waals surface area contributed by atoms with E-state index in [9.17, 15) is 18.0 Å². The molecule has 0 radical (unpaired) electrons. The van der Waals surface area contributed by atoms with E-state index in [1.54, 1.807) is 6.07 Å². The Bertz CT molecular complexity index is 1010. The number of carbonyl (C=O) groups excluding carboxylic acids is 1. The van der Waals surface area contributed by atoms with Crippen molar-refractivity contribution in [2.75, 3.05) is 0 Å². The van der Waals surface area contributed by atoms with Crippen molar-refractivity contribution >= 4 is 43.4 Å². The van der Waals surface area contributed by atoms with Gasteiger partial charge >= 0.3 is 12.1 Å². The Hall–Kier alpha value is -2.08. The van der Waals surface area contributed by atoms with Crippen LogP contribution < -0.4 is 0 Å². The molecule has 1 aliphatic rings. The molecule has 134 valence electrons. The fourth-order valence-electron chi connectivity index (χ4n) is 3.59. The van der Waals surface area contributed by atoms with E-state index in [4.69, 9.17) is 4.74 Å². The molecule has 6 heteroatoms. The minimum Gasteiger partial charge on any atom is -0.450 e. The van der Waals surface area contributed by atoms with Gasteiger partial charge in [-0.2, -0.15) is 13.2 Å². The minimum absolute atomic E-state index is 0.348. The van der Waals surface area contributed by atoms with Gasteiger partial charge in [0, 0.05) is 0 Å². The first-order chi connectivity index (χ1) is 12.3. The monoisotopic (exact) mass is 422 g/mol. The molecule has 3 aromatic carbocycles. The summed E-state index contributed by atoms with van der Waals surface area (Å²) in [6, 6.07) is 15.7. The molecule has 2 atom stereocenters. The lowest BCUT2D eigenvalue weighted by molar-refractivity contribution is -0.205. The van der Waals surface area contributed by atoms with E-state index in [2.05, 4.69) is 28.1 Å². The number of rotatable bonds is 1. The highest BCUT2D eigenvalue weighted by Crippen LogP contribution is 2.41. The summed E-state index contributed by atoms with van der Waals surface area (Å²) in [5, 5.41) is 4.19. The number of hydrogen-bond donors (Lipinski definition) is 0. The van der Waals surface area contributed by atoms with Gasteiger partial charge in [-0.05, 0) is 57.6 Å². The fraction of sp³-hybridized carbons (Fsp3) is 0.250. The number of carbonyl (C=O) groups is 1. The second-order valence-electron chi connectivity index (χ2n) is 6.43. The Labute approximate surface area is 156 Å². The van der Waals surface area contributed by atoms with E-state index in [0.29, 0.717) is 18.4 Å². The van der Waals surface area contributed by atoms with Crippen molar-refractivity contribution < 1.29 is 22.7 Å². The van der Waals surface area contributed by atoms with Crippen molar-refractivity contribution in [2.24, 2.45) is 0 Å². The molecule has 0 spiro atoms. The van der Waals surface area contributed by atoms with Crippen LogP contribution in [0.25, 0.3) is 21.5 Å². The van der Waals surface area contributed by atoms with Crippen LogP contribution in [0, 0.1) is 0 Å². The number of ether oxygens (including phenoxy) is 1. The standard InChI is InChI=1S/C20H14BrF3O2/c21-17-8-7-14-15(18(17)26-19(25)20(22,23)24)6-5-13-9-11-3-1-2-4-12(11)10-16(13)14/h1-6,9-10,17-18H,7-8H2/t17-,18-/m0/s1. The molecule has 0 saturated carbocycles. The molecule has 0 amide bonds. The summed E-state index contributed by atoms with van der Waals surface area (Å²) in [7, 11) is 0. The highest BCUT2D eigenvalue weighted by molar-refractivity contribution is 9.09. The second-order valence-corrected chi connectivity index (χ2v) is 7.61. The van der Waals surface area contributed by atoms with Gasteiger partial charge in [-0.25, -0.2) is 4.79 Å². The predicted molar refractivity (Wildman–Crippen MR) is 97.4 cm³/mol. The van der Waals surface area contributed by atoms with Gasteiger partial charge in [0.25, 0.3) is 0 Å². The number of hydrogen-bond acceptors (Lipinski definition) is 2. The van der Waals surface area contributed by atoms with Gasteiger partial charge in [-0.15, -0.1) is 0 Å². The van der Waals surface area contributed by atoms with Crippen LogP contribution in [-0.4, -0.2) is 17.0 Å². The molecule has 2 nitrogen and oxygen atoms in total. The molecule has 3 aromatic rings. The zero-order chi connectivity index (χ0) is 18.5. The minimum atomic E-state index is -5.00. The van der Waals surface area contributed by atoms with Crippen LogP contribution in [-0.2, 0) is 16.0 Å². The van der Waals surface area contributed by atoms with E-state index in [1.165, 1.54) is 0 Å². The van der Waals surface area contributed by atoms with Crippen LogP contribution in [0.15, 0.2) is 48.5 Å². The Morgan fingerprint density at radius 2 is 1.73 bits per heavy atom. The maximum Gasteiger partial charge on any atom is 0.490 e. The molecule has 1 aliphatic carbocycles. The third kappa shape index (κ3) is 2.96. The molecule has 0 fully saturated rings. The van der Waals surface area contributed by atoms with Crippen LogP contribution in [0.2, 0.25) is 0 Å². The lowest BCUT2D eigenvalue weighted by Gasteiger charge is -2.31. The van der Waals surface area contributed by atoms with E-state index in [0.717, 1.165) is 27.1 Å². The number of benzene rings is 3. The lowest BCUT2D eigenvalue weighted by atomic mass is 9.85. The fourth-order valence-corrected chi connectivity index (χ4v) is 4.21. The Morgan fingerprint density at radius 3 is 2.42 bits per heavy atom. The zero-order valence-corrected chi connectivity index (χ0v) is 15.1. The molecule has 0 bridgehead atoms. The van der Waals surface area contributed by atoms with Crippen molar-refractivity contribution in [3.8, 4) is 0 Å². The topological polar surface area (TPSA) is 26.3 Å². The van der Waals surface area contributed by atoms with Crippen molar-refractivity contribution in [1.29, 1.82) is 0 Å². The average molecular weight is 423 g/mol. The van der Waals surface area contributed by atoms with E-state index in [1.807, 2.05) is 30.3 Å². The van der Waals surface area contributed by atoms with Crippen LogP contribution >= 0.6 is 15.9 Å². The molecular formula is C20H14BrF3O2. The molecule has 26 heavy (non-hydrogen) atoms. The van der Waals surface area contributed by atoms with E-state index in [-0.39, 0.29) is 4.83 Å². The maximum atomic E-state index is 12.6. The highest BCUT2D eigenvalue weighted by atomic mass is 79.9. The first kappa shape index (κ1) is 17.3. The molecule has 0 unspecified atom stereocenters. The summed E-state index contributed by atoms with van der Waals surface area (Å²) in [4.78, 5) is 11.0. The van der Waals surface area contributed by atoms with E-state index < -0.39 is 18.2 Å². The molecule has 0 aliphatic heterocycles. The molecular weight excluding hydrogens is 409 g/mol. The number of halogens is 4. The maximum absolute atomic E-state index is 12.6. The van der Waals surface area contributed by atoms with Gasteiger partial charge in [0.2, 0.25) is 0 Å². The van der Waals surface area contributed by atoms with Gasteiger partial charge in [-0.3, -0.25) is 0 Å². The molecule has 0 aromatic heterocycles. The van der Waals surface area contributed by atoms with Crippen molar-refractivity contribution in [1.82, 2.24) is 0 Å². The predicted octanol–water partition coefficient (Wildman–Crippen LogP) is 5.85. The number of aryl methyl sites for hydroxylation is 1. The second kappa shape index (κ2) is 6.27. The van der Waals surface area contributed by atoms with Crippen molar-refractivity contribution in [3.63, 3.8) is 0 Å². The highest BCUT2D eigenvalue weighted by Gasteiger charge is 2.44. The number of fused-ring (bicyclic) bond motifs is 4. The molecule has 0 saturated heterocycles. The van der Waals surface area contributed by atoms with E-state index >= 15 is 0 Å². The third-order valence-corrected chi connectivity index (χ3v) is 5.74. The Morgan fingerprint density at radius 1 is 1.04 bits per heavy atom. The van der Waals surface area contributed by atoms with Gasteiger partial charge in [0.15, 0.2) is 0 Å². The number of alkyl halides is 4. The molecule has 4 rings (SSSR count). The summed E-state index contributed by atoms with van der Waals surface area (Å²) in [5.74, 6) is -2.15. The summed E-state index contributed by atoms with van der Waals surface area (Å²) in [5.41, 5.74) is 1.59. The first-order valence-corrected chi connectivity index (χ1v) is 9.12. The summed E-state index contributed by atoms with van der Waals surface area (Å²) >= 11 is 3.38.